The quantitative estimate of drug-likeness (QED) is 0.942. The molecule has 0 aliphatic heterocycles. The van der Waals surface area contributed by atoms with Gasteiger partial charge in [-0.3, -0.25) is 4.79 Å². The predicted molar refractivity (Wildman–Crippen MR) is 65.7 cm³/mol. The summed E-state index contributed by atoms with van der Waals surface area (Å²) in [5.41, 5.74) is 0.0823. The predicted octanol–water partition coefficient (Wildman–Crippen LogP) is 2.59. The Balaban J connectivity index is 2.08. The summed E-state index contributed by atoms with van der Waals surface area (Å²) < 4.78 is 26.1. The first-order chi connectivity index (χ1) is 9.06. The normalized spacial score (nSPS) is 10.3. The molecule has 1 heterocycles. The van der Waals surface area contributed by atoms with E-state index in [4.69, 9.17) is 11.6 Å². The van der Waals surface area contributed by atoms with Crippen LogP contribution in [0.25, 0.3) is 0 Å². The van der Waals surface area contributed by atoms with Crippen LogP contribution in [-0.4, -0.2) is 15.9 Å². The molecule has 0 radical (unpaired) electrons. The minimum absolute atomic E-state index is 0.0374. The number of nitrogens with zero attached hydrogens (tertiary/aromatic N) is 2. The van der Waals surface area contributed by atoms with Gasteiger partial charge < -0.3 is 5.32 Å². The lowest BCUT2D eigenvalue weighted by Gasteiger charge is -2.06. The highest BCUT2D eigenvalue weighted by molar-refractivity contribution is 6.32. The van der Waals surface area contributed by atoms with Crippen molar-refractivity contribution in [2.24, 2.45) is 0 Å². The van der Waals surface area contributed by atoms with Gasteiger partial charge in [0, 0.05) is 18.5 Å². The Hall–Kier alpha value is -2.08. The Morgan fingerprint density at radius 1 is 1.26 bits per heavy atom. The highest BCUT2D eigenvalue weighted by Crippen LogP contribution is 2.15. The summed E-state index contributed by atoms with van der Waals surface area (Å²) in [6.45, 7) is 0. The van der Waals surface area contributed by atoms with E-state index in [9.17, 15) is 13.6 Å². The SMILES string of the molecule is O=C(Cc1ccc(F)cc1F)Nc1nccnc1Cl. The lowest BCUT2D eigenvalue weighted by molar-refractivity contribution is -0.115. The van der Waals surface area contributed by atoms with Crippen molar-refractivity contribution in [3.63, 3.8) is 0 Å². The summed E-state index contributed by atoms with van der Waals surface area (Å²) in [6, 6.07) is 3.02. The molecule has 0 fully saturated rings. The van der Waals surface area contributed by atoms with Crippen LogP contribution in [0.4, 0.5) is 14.6 Å². The van der Waals surface area contributed by atoms with Crippen molar-refractivity contribution in [2.45, 2.75) is 6.42 Å². The number of anilines is 1. The van der Waals surface area contributed by atoms with Gasteiger partial charge >= 0.3 is 0 Å². The summed E-state index contributed by atoms with van der Waals surface area (Å²) in [5.74, 6) is -1.90. The molecule has 4 nitrogen and oxygen atoms in total. The summed E-state index contributed by atoms with van der Waals surface area (Å²) in [7, 11) is 0. The highest BCUT2D eigenvalue weighted by Gasteiger charge is 2.11. The van der Waals surface area contributed by atoms with E-state index >= 15 is 0 Å². The van der Waals surface area contributed by atoms with E-state index in [0.717, 1.165) is 12.1 Å². The largest absolute Gasteiger partial charge is 0.308 e. The molecule has 0 bridgehead atoms. The molecule has 0 saturated heterocycles. The van der Waals surface area contributed by atoms with Gasteiger partial charge in [-0.15, -0.1) is 0 Å². The van der Waals surface area contributed by atoms with Gasteiger partial charge in [-0.1, -0.05) is 17.7 Å². The van der Waals surface area contributed by atoms with Crippen LogP contribution in [0.2, 0.25) is 5.15 Å². The molecule has 0 aliphatic rings. The third-order valence-corrected chi connectivity index (χ3v) is 2.55. The molecule has 0 spiro atoms. The fraction of sp³-hybridized carbons (Fsp3) is 0.0833. The Morgan fingerprint density at radius 2 is 2.00 bits per heavy atom. The van der Waals surface area contributed by atoms with Gasteiger partial charge in [0.2, 0.25) is 5.91 Å². The first kappa shape index (κ1) is 13.4. The molecule has 0 atom stereocenters. The molecule has 1 aromatic carbocycles. The molecule has 19 heavy (non-hydrogen) atoms. The molecule has 7 heteroatoms. The number of amides is 1. The van der Waals surface area contributed by atoms with E-state index in [1.54, 1.807) is 0 Å². The maximum absolute atomic E-state index is 13.4. The van der Waals surface area contributed by atoms with Gasteiger partial charge in [-0.05, 0) is 11.6 Å². The average Bonchev–Trinajstić information content (AvgIpc) is 2.36. The molecule has 2 rings (SSSR count). The van der Waals surface area contributed by atoms with Crippen molar-refractivity contribution in [3.8, 4) is 0 Å². The zero-order valence-electron chi connectivity index (χ0n) is 9.53. The number of carbonyl (C=O) groups is 1. The molecular weight excluding hydrogens is 276 g/mol. The van der Waals surface area contributed by atoms with E-state index in [1.165, 1.54) is 18.5 Å². The maximum atomic E-state index is 13.4. The van der Waals surface area contributed by atoms with Crippen molar-refractivity contribution in [1.82, 2.24) is 9.97 Å². The van der Waals surface area contributed by atoms with Crippen molar-refractivity contribution >= 4 is 23.3 Å². The van der Waals surface area contributed by atoms with Crippen LogP contribution in [-0.2, 0) is 11.2 Å². The summed E-state index contributed by atoms with van der Waals surface area (Å²) >= 11 is 5.71. The lowest BCUT2D eigenvalue weighted by atomic mass is 10.1. The number of hydrogen-bond donors (Lipinski definition) is 1. The van der Waals surface area contributed by atoms with Gasteiger partial charge in [0.05, 0.1) is 6.42 Å². The molecule has 1 N–H and O–H groups in total. The lowest BCUT2D eigenvalue weighted by Crippen LogP contribution is -2.16. The average molecular weight is 284 g/mol. The van der Waals surface area contributed by atoms with Crippen LogP contribution in [0, 0.1) is 11.6 Å². The number of rotatable bonds is 3. The number of carbonyl (C=O) groups excluding carboxylic acids is 1. The maximum Gasteiger partial charge on any atom is 0.230 e. The Bertz CT molecular complexity index is 622. The van der Waals surface area contributed by atoms with Crippen LogP contribution in [0.5, 0.6) is 0 Å². The first-order valence-electron chi connectivity index (χ1n) is 5.26. The molecule has 98 valence electrons. The van der Waals surface area contributed by atoms with Crippen molar-refractivity contribution < 1.29 is 13.6 Å². The van der Waals surface area contributed by atoms with Gasteiger partial charge in [-0.25, -0.2) is 18.7 Å². The van der Waals surface area contributed by atoms with E-state index in [-0.39, 0.29) is 23.0 Å². The van der Waals surface area contributed by atoms with E-state index in [0.29, 0.717) is 0 Å². The number of nitrogens with one attached hydrogen (secondary N) is 1. The minimum atomic E-state index is -0.777. The van der Waals surface area contributed by atoms with Crippen LogP contribution < -0.4 is 5.32 Å². The topological polar surface area (TPSA) is 54.9 Å². The zero-order valence-corrected chi connectivity index (χ0v) is 10.3. The molecular formula is C12H8ClF2N3O. The van der Waals surface area contributed by atoms with Gasteiger partial charge in [0.25, 0.3) is 0 Å². The third kappa shape index (κ3) is 3.45. The molecule has 2 aromatic rings. The fourth-order valence-corrected chi connectivity index (χ4v) is 1.57. The van der Waals surface area contributed by atoms with Gasteiger partial charge in [0.15, 0.2) is 11.0 Å². The van der Waals surface area contributed by atoms with Crippen molar-refractivity contribution in [3.05, 3.63) is 52.9 Å². The number of hydrogen-bond acceptors (Lipinski definition) is 3. The number of benzene rings is 1. The van der Waals surface area contributed by atoms with E-state index in [1.807, 2.05) is 0 Å². The van der Waals surface area contributed by atoms with Crippen LogP contribution >= 0.6 is 11.6 Å². The van der Waals surface area contributed by atoms with Crippen LogP contribution in [0.3, 0.4) is 0 Å². The second-order valence-electron chi connectivity index (χ2n) is 3.66. The smallest absolute Gasteiger partial charge is 0.230 e. The molecule has 0 unspecified atom stereocenters. The zero-order chi connectivity index (χ0) is 13.8. The standard InChI is InChI=1S/C12H8ClF2N3O/c13-11-12(17-4-3-16-11)18-10(19)5-7-1-2-8(14)6-9(7)15/h1-4,6H,5H2,(H,17,18,19). The third-order valence-electron chi connectivity index (χ3n) is 2.28. The number of halogens is 3. The van der Waals surface area contributed by atoms with Crippen molar-refractivity contribution in [1.29, 1.82) is 0 Å². The second kappa shape index (κ2) is 5.71. The van der Waals surface area contributed by atoms with Crippen molar-refractivity contribution in [2.75, 3.05) is 5.32 Å². The molecule has 1 amide bonds. The Morgan fingerprint density at radius 3 is 2.68 bits per heavy atom. The second-order valence-corrected chi connectivity index (χ2v) is 4.01. The summed E-state index contributed by atoms with van der Waals surface area (Å²) in [6.07, 6.45) is 2.48. The molecule has 0 saturated carbocycles. The molecule has 1 aromatic heterocycles. The number of aromatic nitrogens is 2. The minimum Gasteiger partial charge on any atom is -0.308 e. The van der Waals surface area contributed by atoms with E-state index < -0.39 is 17.5 Å². The summed E-state index contributed by atoms with van der Waals surface area (Å²) in [5, 5.41) is 2.43. The molecule has 0 aliphatic carbocycles. The van der Waals surface area contributed by atoms with Gasteiger partial charge in [0.1, 0.15) is 11.6 Å². The summed E-state index contributed by atoms with van der Waals surface area (Å²) in [4.78, 5) is 19.2. The van der Waals surface area contributed by atoms with Crippen LogP contribution in [0.1, 0.15) is 5.56 Å². The monoisotopic (exact) mass is 283 g/mol. The van der Waals surface area contributed by atoms with E-state index in [2.05, 4.69) is 15.3 Å². The first-order valence-corrected chi connectivity index (χ1v) is 5.64. The van der Waals surface area contributed by atoms with Gasteiger partial charge in [-0.2, -0.15) is 0 Å². The Labute approximate surface area is 112 Å². The van der Waals surface area contributed by atoms with Crippen LogP contribution in [0.15, 0.2) is 30.6 Å². The fourth-order valence-electron chi connectivity index (χ4n) is 1.42. The highest BCUT2D eigenvalue weighted by atomic mass is 35.5. The Kier molecular flexibility index (Phi) is 4.01.